The summed E-state index contributed by atoms with van der Waals surface area (Å²) < 4.78 is 0. The molecule has 0 spiro atoms. The van der Waals surface area contributed by atoms with Crippen molar-refractivity contribution in [1.29, 1.82) is 0 Å². The number of aryl methyl sites for hydroxylation is 2. The number of thiophene rings is 1. The van der Waals surface area contributed by atoms with Crippen molar-refractivity contribution in [2.45, 2.75) is 57.7 Å². The summed E-state index contributed by atoms with van der Waals surface area (Å²) in [6.07, 6.45) is 6.20. The molecule has 1 fully saturated rings. The molecular weight excluding hydrogens is 536 g/mol. The number of nitrogen functional groups attached to an aromatic ring is 1. The first-order valence-electron chi connectivity index (χ1n) is 14.2. The van der Waals surface area contributed by atoms with Crippen LogP contribution in [0.15, 0.2) is 48.5 Å². The van der Waals surface area contributed by atoms with E-state index in [1.165, 1.54) is 10.4 Å². The number of nitrogens with two attached hydrogens (primary N) is 1. The second kappa shape index (κ2) is 11.9. The molecule has 10 heteroatoms. The third kappa shape index (κ3) is 6.09. The summed E-state index contributed by atoms with van der Waals surface area (Å²) in [4.78, 5) is 30.8. The van der Waals surface area contributed by atoms with Gasteiger partial charge in [-0.15, -0.1) is 11.3 Å². The Balaban J connectivity index is 1.21. The van der Waals surface area contributed by atoms with Gasteiger partial charge < -0.3 is 26.2 Å². The van der Waals surface area contributed by atoms with Crippen molar-refractivity contribution >= 4 is 34.6 Å². The molecule has 6 rings (SSSR count). The molecular formula is C31H34N6O3S. The van der Waals surface area contributed by atoms with Gasteiger partial charge in [-0.1, -0.05) is 24.3 Å². The number of amides is 1. The number of anilines is 3. The molecule has 2 aromatic carbocycles. The number of rotatable bonds is 7. The fraction of sp³-hybridized carbons (Fsp3) is 0.355. The lowest BCUT2D eigenvalue weighted by Crippen LogP contribution is -2.35. The van der Waals surface area contributed by atoms with Crippen LogP contribution in [-0.2, 0) is 25.9 Å². The van der Waals surface area contributed by atoms with Gasteiger partial charge in [0.25, 0.3) is 5.91 Å². The normalized spacial score (nSPS) is 15.5. The number of piperidine rings is 1. The fourth-order valence-electron chi connectivity index (χ4n) is 5.64. The molecule has 41 heavy (non-hydrogen) atoms. The highest BCUT2D eigenvalue weighted by Crippen LogP contribution is 2.32. The Bertz CT molecular complexity index is 1520. The molecule has 9 nitrogen and oxygen atoms in total. The highest BCUT2D eigenvalue weighted by Gasteiger charge is 2.21. The van der Waals surface area contributed by atoms with Crippen LogP contribution < -0.4 is 16.0 Å². The van der Waals surface area contributed by atoms with Crippen molar-refractivity contribution in [3.8, 4) is 11.4 Å². The van der Waals surface area contributed by atoms with Crippen LogP contribution >= 0.6 is 11.3 Å². The minimum absolute atomic E-state index is 0.0935. The average Bonchev–Trinajstić information content (AvgIpc) is 3.42. The van der Waals surface area contributed by atoms with Gasteiger partial charge in [-0.05, 0) is 73.9 Å². The van der Waals surface area contributed by atoms with E-state index >= 15 is 0 Å². The lowest BCUT2D eigenvalue weighted by molar-refractivity contribution is 0.103. The van der Waals surface area contributed by atoms with Gasteiger partial charge >= 0.3 is 0 Å². The zero-order chi connectivity index (χ0) is 28.3. The van der Waals surface area contributed by atoms with E-state index in [4.69, 9.17) is 5.73 Å². The van der Waals surface area contributed by atoms with Crippen molar-refractivity contribution in [3.63, 3.8) is 0 Å². The van der Waals surface area contributed by atoms with Crippen LogP contribution in [0.2, 0.25) is 0 Å². The highest BCUT2D eigenvalue weighted by molar-refractivity contribution is 7.14. The molecule has 3 heterocycles. The first-order valence-corrected chi connectivity index (χ1v) is 15.0. The first-order chi connectivity index (χ1) is 20.0. The number of aliphatic hydroxyl groups excluding tert-OH is 2. The molecule has 4 aromatic rings. The second-order valence-corrected chi connectivity index (χ2v) is 11.8. The average molecular weight is 571 g/mol. The van der Waals surface area contributed by atoms with E-state index in [2.05, 4.69) is 49.4 Å². The van der Waals surface area contributed by atoms with Crippen LogP contribution in [0.5, 0.6) is 0 Å². The largest absolute Gasteiger partial charge is 0.393 e. The van der Waals surface area contributed by atoms with E-state index < -0.39 is 0 Å². The van der Waals surface area contributed by atoms with Gasteiger partial charge in [-0.25, -0.2) is 4.98 Å². The van der Waals surface area contributed by atoms with Crippen LogP contribution in [0.4, 0.5) is 17.3 Å². The molecule has 1 amide bonds. The Hall–Kier alpha value is -3.86. The third-order valence-corrected chi connectivity index (χ3v) is 9.11. The van der Waals surface area contributed by atoms with Crippen LogP contribution in [0.3, 0.4) is 0 Å². The van der Waals surface area contributed by atoms with Crippen LogP contribution in [0.1, 0.15) is 62.7 Å². The molecule has 0 atom stereocenters. The Morgan fingerprint density at radius 3 is 2.59 bits per heavy atom. The maximum atomic E-state index is 13.1. The van der Waals surface area contributed by atoms with Crippen LogP contribution in [0, 0.1) is 0 Å². The second-order valence-electron chi connectivity index (χ2n) is 10.7. The SMILES string of the molecule is Nc1nc(Cc2ccc(N3CCC(O)CC3)cc2)nc(-c2cccc(NC(=O)c3cc4c(s3)CCCC4)c2CO)n1. The van der Waals surface area contributed by atoms with E-state index in [0.717, 1.165) is 62.9 Å². The van der Waals surface area contributed by atoms with Crippen molar-refractivity contribution < 1.29 is 15.0 Å². The number of carbonyl (C=O) groups excluding carboxylic acids is 1. The molecule has 0 bridgehead atoms. The number of hydrogen-bond donors (Lipinski definition) is 4. The minimum Gasteiger partial charge on any atom is -0.393 e. The molecule has 1 aliphatic carbocycles. The van der Waals surface area contributed by atoms with E-state index in [-0.39, 0.29) is 24.6 Å². The van der Waals surface area contributed by atoms with Crippen LogP contribution in [-0.4, -0.2) is 50.3 Å². The molecule has 0 unspecified atom stereocenters. The Kier molecular flexibility index (Phi) is 7.95. The van der Waals surface area contributed by atoms with E-state index in [9.17, 15) is 15.0 Å². The van der Waals surface area contributed by atoms with Gasteiger partial charge in [0.15, 0.2) is 5.82 Å². The molecule has 5 N–H and O–H groups in total. The summed E-state index contributed by atoms with van der Waals surface area (Å²) in [5.74, 6) is 0.777. The summed E-state index contributed by atoms with van der Waals surface area (Å²) in [7, 11) is 0. The minimum atomic E-state index is -0.303. The smallest absolute Gasteiger partial charge is 0.265 e. The molecule has 0 saturated carbocycles. The predicted octanol–water partition coefficient (Wildman–Crippen LogP) is 4.36. The topological polar surface area (TPSA) is 137 Å². The maximum absolute atomic E-state index is 13.1. The summed E-state index contributed by atoms with van der Waals surface area (Å²) in [5.41, 5.74) is 11.2. The van der Waals surface area contributed by atoms with Gasteiger partial charge in [0.05, 0.1) is 17.6 Å². The summed E-state index contributed by atoms with van der Waals surface area (Å²) >= 11 is 1.55. The number of nitrogens with zero attached hydrogens (tertiary/aromatic N) is 4. The molecule has 0 radical (unpaired) electrons. The highest BCUT2D eigenvalue weighted by atomic mass is 32.1. The summed E-state index contributed by atoms with van der Waals surface area (Å²) in [5, 5.41) is 23.1. The van der Waals surface area contributed by atoms with E-state index in [0.29, 0.717) is 39.8 Å². The summed E-state index contributed by atoms with van der Waals surface area (Å²) in [6.45, 7) is 1.38. The fourth-order valence-corrected chi connectivity index (χ4v) is 6.79. The zero-order valence-electron chi connectivity index (χ0n) is 22.8. The van der Waals surface area contributed by atoms with E-state index in [1.54, 1.807) is 17.4 Å². The number of aromatic nitrogens is 3. The molecule has 2 aromatic heterocycles. The predicted molar refractivity (Wildman–Crippen MR) is 161 cm³/mol. The van der Waals surface area contributed by atoms with Crippen molar-refractivity contribution in [1.82, 2.24) is 15.0 Å². The molecule has 1 aliphatic heterocycles. The molecule has 212 valence electrons. The molecule has 1 saturated heterocycles. The lowest BCUT2D eigenvalue weighted by atomic mass is 9.99. The van der Waals surface area contributed by atoms with E-state index in [1.807, 2.05) is 18.2 Å². The van der Waals surface area contributed by atoms with Gasteiger partial charge in [0.1, 0.15) is 5.82 Å². The number of nitrogens with one attached hydrogen (secondary N) is 1. The first kappa shape index (κ1) is 27.3. The quantitative estimate of drug-likeness (QED) is 0.257. The number of aliphatic hydroxyl groups is 2. The number of fused-ring (bicyclic) bond motifs is 1. The lowest BCUT2D eigenvalue weighted by Gasteiger charge is -2.31. The maximum Gasteiger partial charge on any atom is 0.265 e. The van der Waals surface area contributed by atoms with Crippen molar-refractivity contribution in [2.75, 3.05) is 29.0 Å². The summed E-state index contributed by atoms with van der Waals surface area (Å²) in [6, 6.07) is 15.7. The number of benzene rings is 2. The molecule has 2 aliphatic rings. The van der Waals surface area contributed by atoms with Crippen molar-refractivity contribution in [2.24, 2.45) is 0 Å². The van der Waals surface area contributed by atoms with Gasteiger partial charge in [-0.2, -0.15) is 9.97 Å². The number of carbonyl (C=O) groups is 1. The number of hydrogen-bond acceptors (Lipinski definition) is 9. The standard InChI is InChI=1S/C31H34N6O3S/c32-31-35-28(16-19-8-10-21(11-9-19)37-14-12-22(39)13-15-37)34-29(36-31)23-5-3-6-25(24(23)18-38)33-30(40)27-17-20-4-1-2-7-26(20)41-27/h3,5-6,8-11,17,22,38-39H,1-2,4,7,12-16,18H2,(H,33,40)(H2,32,34,35,36). The van der Waals surface area contributed by atoms with Crippen molar-refractivity contribution in [3.05, 3.63) is 80.8 Å². The van der Waals surface area contributed by atoms with Crippen LogP contribution in [0.25, 0.3) is 11.4 Å². The zero-order valence-corrected chi connectivity index (χ0v) is 23.7. The Labute approximate surface area is 243 Å². The van der Waals surface area contributed by atoms with Gasteiger partial charge in [-0.3, -0.25) is 4.79 Å². The monoisotopic (exact) mass is 570 g/mol. The van der Waals surface area contributed by atoms with Gasteiger partial charge in [0.2, 0.25) is 5.95 Å². The van der Waals surface area contributed by atoms with Gasteiger partial charge in [0, 0.05) is 46.9 Å². The third-order valence-electron chi connectivity index (χ3n) is 7.87. The Morgan fingerprint density at radius 2 is 1.83 bits per heavy atom. The Morgan fingerprint density at radius 1 is 1.05 bits per heavy atom.